The first-order valence-electron chi connectivity index (χ1n) is 13.5. The number of benzene rings is 6. The predicted molar refractivity (Wildman–Crippen MR) is 174 cm³/mol. The summed E-state index contributed by atoms with van der Waals surface area (Å²) in [7, 11) is -0.776. The van der Waals surface area contributed by atoms with Crippen molar-refractivity contribution in [1.29, 1.82) is 0 Å². The standard InChI is InChI=1S/C36H23F3S4/c37-23-1-7-26(8-2-23)40-29-13-17-32(18-14-29)43-35-19-15-30(41-27-9-3-24(38)4-10-27)21-33(35)34-22-31(16-20-36(34)43)42-28-11-5-25(39)6-12-28/h1-22,43H. The first kappa shape index (κ1) is 28.3. The van der Waals surface area contributed by atoms with Crippen LogP contribution in [0.15, 0.2) is 178 Å². The molecule has 0 radical (unpaired) electrons. The van der Waals surface area contributed by atoms with Crippen LogP contribution < -0.4 is 0 Å². The van der Waals surface area contributed by atoms with Crippen LogP contribution in [-0.2, 0) is 0 Å². The van der Waals surface area contributed by atoms with Gasteiger partial charge in [0, 0.05) is 39.2 Å². The number of hydrogen-bond acceptors (Lipinski definition) is 3. The molecule has 0 fully saturated rings. The van der Waals surface area contributed by atoms with Crippen molar-refractivity contribution in [3.8, 4) is 11.1 Å². The molecule has 7 rings (SSSR count). The lowest BCUT2D eigenvalue weighted by Crippen LogP contribution is -1.84. The summed E-state index contributed by atoms with van der Waals surface area (Å²) in [6, 6.07) is 41.7. The van der Waals surface area contributed by atoms with Crippen LogP contribution >= 0.6 is 46.2 Å². The van der Waals surface area contributed by atoms with E-state index >= 15 is 0 Å². The topological polar surface area (TPSA) is 0 Å². The molecular weight excluding hydrogens is 618 g/mol. The van der Waals surface area contributed by atoms with E-state index in [9.17, 15) is 13.2 Å². The fourth-order valence-corrected chi connectivity index (χ4v) is 10.1. The van der Waals surface area contributed by atoms with Crippen molar-refractivity contribution in [3.05, 3.63) is 151 Å². The molecule has 0 bridgehead atoms. The average molecular weight is 641 g/mol. The van der Waals surface area contributed by atoms with E-state index < -0.39 is 10.9 Å². The molecule has 0 unspecified atom stereocenters. The highest BCUT2D eigenvalue weighted by atomic mass is 32.2. The minimum Gasteiger partial charge on any atom is -0.207 e. The summed E-state index contributed by atoms with van der Waals surface area (Å²) in [5.74, 6) is -0.725. The Labute approximate surface area is 264 Å². The van der Waals surface area contributed by atoms with Gasteiger partial charge in [0.15, 0.2) is 0 Å². The van der Waals surface area contributed by atoms with Crippen molar-refractivity contribution in [3.63, 3.8) is 0 Å². The molecule has 0 spiro atoms. The minimum absolute atomic E-state index is 0.237. The molecule has 0 nitrogen and oxygen atoms in total. The normalized spacial score (nSPS) is 12.7. The van der Waals surface area contributed by atoms with E-state index in [2.05, 4.69) is 60.7 Å². The Kier molecular flexibility index (Phi) is 8.06. The Morgan fingerprint density at radius 2 is 0.651 bits per heavy atom. The quantitative estimate of drug-likeness (QED) is 0.172. The molecule has 1 aliphatic heterocycles. The summed E-state index contributed by atoms with van der Waals surface area (Å²) in [6.07, 6.45) is 0. The van der Waals surface area contributed by atoms with Crippen LogP contribution in [0.1, 0.15) is 0 Å². The van der Waals surface area contributed by atoms with Crippen molar-refractivity contribution < 1.29 is 13.2 Å². The van der Waals surface area contributed by atoms with Crippen molar-refractivity contribution >= 4 is 46.2 Å². The van der Waals surface area contributed by atoms with E-state index in [1.54, 1.807) is 71.7 Å². The van der Waals surface area contributed by atoms with Crippen molar-refractivity contribution in [2.75, 3.05) is 0 Å². The lowest BCUT2D eigenvalue weighted by molar-refractivity contribution is 0.626. The third-order valence-corrected chi connectivity index (χ3v) is 12.5. The fraction of sp³-hybridized carbons (Fsp3) is 0. The smallest absolute Gasteiger partial charge is 0.123 e. The zero-order valence-corrected chi connectivity index (χ0v) is 25.9. The fourth-order valence-electron chi connectivity index (χ4n) is 4.97. The van der Waals surface area contributed by atoms with Crippen LogP contribution in [0.2, 0.25) is 0 Å². The first-order valence-corrected chi connectivity index (χ1v) is 17.3. The zero-order chi connectivity index (χ0) is 29.3. The second-order valence-corrected chi connectivity index (χ2v) is 15.4. The van der Waals surface area contributed by atoms with Gasteiger partial charge in [-0.05, 0) is 149 Å². The largest absolute Gasteiger partial charge is 0.207 e. The SMILES string of the molecule is Fc1ccc(Sc2ccc([SH]3c4ccc(Sc5ccc(F)cc5)cc4-c4cc(Sc5ccc(F)cc5)ccc43)cc2)cc1. The van der Waals surface area contributed by atoms with Gasteiger partial charge in [0.2, 0.25) is 0 Å². The number of hydrogen-bond donors (Lipinski definition) is 1. The molecule has 0 atom stereocenters. The van der Waals surface area contributed by atoms with Gasteiger partial charge in [-0.2, -0.15) is 10.9 Å². The molecule has 1 aliphatic rings. The van der Waals surface area contributed by atoms with Gasteiger partial charge in [0.1, 0.15) is 17.5 Å². The summed E-state index contributed by atoms with van der Waals surface area (Å²) < 4.78 is 40.3. The maximum Gasteiger partial charge on any atom is 0.123 e. The van der Waals surface area contributed by atoms with E-state index in [0.29, 0.717) is 0 Å². The molecular formula is C36H23F3S4. The van der Waals surface area contributed by atoms with Gasteiger partial charge in [-0.15, -0.1) is 0 Å². The number of thiol groups is 1. The number of halogens is 3. The Hall–Kier alpha value is -3.49. The minimum atomic E-state index is -0.776. The predicted octanol–water partition coefficient (Wildman–Crippen LogP) is 12.0. The Bertz CT molecular complexity index is 1810. The molecule has 212 valence electrons. The number of rotatable bonds is 7. The van der Waals surface area contributed by atoms with E-state index in [1.165, 1.54) is 62.2 Å². The molecule has 0 amide bonds. The molecule has 1 heterocycles. The third-order valence-electron chi connectivity index (χ3n) is 6.95. The van der Waals surface area contributed by atoms with Crippen molar-refractivity contribution in [1.82, 2.24) is 0 Å². The van der Waals surface area contributed by atoms with E-state index in [4.69, 9.17) is 0 Å². The summed E-state index contributed by atoms with van der Waals surface area (Å²) in [4.78, 5) is 10.1. The third kappa shape index (κ3) is 6.27. The van der Waals surface area contributed by atoms with Crippen LogP contribution in [0.25, 0.3) is 11.1 Å². The average Bonchev–Trinajstić information content (AvgIpc) is 3.34. The highest BCUT2D eigenvalue weighted by molar-refractivity contribution is 8.17. The van der Waals surface area contributed by atoms with Crippen LogP contribution in [0, 0.1) is 17.5 Å². The van der Waals surface area contributed by atoms with Crippen LogP contribution in [0.4, 0.5) is 13.2 Å². The summed E-state index contributed by atoms with van der Waals surface area (Å²) >= 11 is 4.85. The van der Waals surface area contributed by atoms with Crippen LogP contribution in [0.3, 0.4) is 0 Å². The van der Waals surface area contributed by atoms with Gasteiger partial charge < -0.3 is 0 Å². The van der Waals surface area contributed by atoms with Crippen molar-refractivity contribution in [2.24, 2.45) is 0 Å². The molecule has 0 saturated heterocycles. The van der Waals surface area contributed by atoms with Gasteiger partial charge >= 0.3 is 0 Å². The monoisotopic (exact) mass is 640 g/mol. The summed E-state index contributed by atoms with van der Waals surface area (Å²) in [6.45, 7) is 0. The molecule has 0 saturated carbocycles. The van der Waals surface area contributed by atoms with Gasteiger partial charge in [-0.1, -0.05) is 35.3 Å². The second-order valence-electron chi connectivity index (χ2n) is 9.86. The molecule has 6 aromatic rings. The highest BCUT2D eigenvalue weighted by Crippen LogP contribution is 2.63. The Morgan fingerprint density at radius 3 is 1.02 bits per heavy atom. The lowest BCUT2D eigenvalue weighted by Gasteiger charge is -2.20. The molecule has 0 aliphatic carbocycles. The molecule has 0 aromatic heterocycles. The zero-order valence-electron chi connectivity index (χ0n) is 22.5. The Balaban J connectivity index is 1.24. The van der Waals surface area contributed by atoms with Gasteiger partial charge in [-0.3, -0.25) is 0 Å². The van der Waals surface area contributed by atoms with E-state index in [1.807, 2.05) is 0 Å². The number of fused-ring (bicyclic) bond motifs is 3. The highest BCUT2D eigenvalue weighted by Gasteiger charge is 2.28. The maximum absolute atomic E-state index is 13.5. The van der Waals surface area contributed by atoms with Crippen molar-refractivity contribution in [2.45, 2.75) is 44.1 Å². The van der Waals surface area contributed by atoms with Crippen LogP contribution in [0.5, 0.6) is 0 Å². The molecule has 6 aromatic carbocycles. The lowest BCUT2D eigenvalue weighted by atomic mass is 10.1. The van der Waals surface area contributed by atoms with Gasteiger partial charge in [0.25, 0.3) is 0 Å². The molecule has 0 N–H and O–H groups in total. The summed E-state index contributed by atoms with van der Waals surface area (Å²) in [5.41, 5.74) is 2.42. The maximum atomic E-state index is 13.5. The first-order chi connectivity index (χ1) is 21.0. The Morgan fingerprint density at radius 1 is 0.349 bits per heavy atom. The van der Waals surface area contributed by atoms with Gasteiger partial charge in [0.05, 0.1) is 0 Å². The molecule has 7 heteroatoms. The summed E-state index contributed by atoms with van der Waals surface area (Å²) in [5, 5.41) is 0. The van der Waals surface area contributed by atoms with E-state index in [-0.39, 0.29) is 17.5 Å². The second kappa shape index (κ2) is 12.2. The van der Waals surface area contributed by atoms with E-state index in [0.717, 1.165) is 29.4 Å². The molecule has 43 heavy (non-hydrogen) atoms. The van der Waals surface area contributed by atoms with Gasteiger partial charge in [-0.25, -0.2) is 13.2 Å². The van der Waals surface area contributed by atoms with Crippen LogP contribution in [-0.4, -0.2) is 0 Å².